The zero-order valence-corrected chi connectivity index (χ0v) is 16.2. The summed E-state index contributed by atoms with van der Waals surface area (Å²) >= 11 is 0. The second-order valence-corrected chi connectivity index (χ2v) is 6.66. The summed E-state index contributed by atoms with van der Waals surface area (Å²) in [7, 11) is 1.61. The lowest BCUT2D eigenvalue weighted by molar-refractivity contribution is -0.384. The van der Waals surface area contributed by atoms with Crippen LogP contribution in [0.25, 0.3) is 0 Å². The number of nitro benzene ring substituents is 1. The minimum absolute atomic E-state index is 0.181. The summed E-state index contributed by atoms with van der Waals surface area (Å²) in [5.74, 6) is 0.296. The topological polar surface area (TPSA) is 102 Å². The average Bonchev–Trinajstić information content (AvgIpc) is 2.69. The zero-order valence-electron chi connectivity index (χ0n) is 16.2. The molecule has 1 aliphatic heterocycles. The van der Waals surface area contributed by atoms with Crippen molar-refractivity contribution in [3.63, 3.8) is 0 Å². The fourth-order valence-corrected chi connectivity index (χ4v) is 2.86. The molecule has 0 aliphatic carbocycles. The second kappa shape index (κ2) is 8.59. The first kappa shape index (κ1) is 20.1. The summed E-state index contributed by atoms with van der Waals surface area (Å²) in [5.41, 5.74) is 1.11. The first-order valence-electron chi connectivity index (χ1n) is 9.00. The van der Waals surface area contributed by atoms with E-state index >= 15 is 0 Å². The highest BCUT2D eigenvalue weighted by atomic mass is 16.6. The van der Waals surface area contributed by atoms with Crippen molar-refractivity contribution in [1.29, 1.82) is 0 Å². The SMILES string of the molecule is Cc1cccc(OCCN(C)C(=O)CN2C(=O)COc3ccc([N+](=O)[O-])cc32)c1. The van der Waals surface area contributed by atoms with Crippen molar-refractivity contribution in [2.24, 2.45) is 0 Å². The number of benzene rings is 2. The third-order valence-electron chi connectivity index (χ3n) is 4.50. The number of non-ortho nitro benzene ring substituents is 1. The lowest BCUT2D eigenvalue weighted by Gasteiger charge is -2.30. The Kier molecular flexibility index (Phi) is 5.96. The van der Waals surface area contributed by atoms with Crippen molar-refractivity contribution in [3.8, 4) is 11.5 Å². The fraction of sp³-hybridized carbons (Fsp3) is 0.300. The van der Waals surface area contributed by atoms with Gasteiger partial charge in [-0.25, -0.2) is 0 Å². The van der Waals surface area contributed by atoms with Gasteiger partial charge in [-0.15, -0.1) is 0 Å². The smallest absolute Gasteiger partial charge is 0.271 e. The van der Waals surface area contributed by atoms with Crippen LogP contribution in [0.2, 0.25) is 0 Å². The van der Waals surface area contributed by atoms with Gasteiger partial charge in [0.25, 0.3) is 11.6 Å². The molecule has 0 unspecified atom stereocenters. The molecule has 9 heteroatoms. The molecule has 1 heterocycles. The molecule has 2 amide bonds. The zero-order chi connectivity index (χ0) is 21.0. The molecule has 0 radical (unpaired) electrons. The molecule has 2 aromatic rings. The Morgan fingerprint density at radius 1 is 1.31 bits per heavy atom. The number of rotatable bonds is 7. The number of ether oxygens (including phenoxy) is 2. The maximum absolute atomic E-state index is 12.6. The van der Waals surface area contributed by atoms with Crippen molar-refractivity contribution in [1.82, 2.24) is 4.90 Å². The van der Waals surface area contributed by atoms with E-state index in [2.05, 4.69) is 0 Å². The lowest BCUT2D eigenvalue weighted by atomic mass is 10.2. The third kappa shape index (κ3) is 4.81. The van der Waals surface area contributed by atoms with E-state index in [9.17, 15) is 19.7 Å². The predicted molar refractivity (Wildman–Crippen MR) is 105 cm³/mol. The second-order valence-electron chi connectivity index (χ2n) is 6.66. The number of anilines is 1. The summed E-state index contributed by atoms with van der Waals surface area (Å²) in [6.45, 7) is 2.12. The van der Waals surface area contributed by atoms with Crippen molar-refractivity contribution < 1.29 is 24.0 Å². The predicted octanol–water partition coefficient (Wildman–Crippen LogP) is 2.17. The number of aryl methyl sites for hydroxylation is 1. The summed E-state index contributed by atoms with van der Waals surface area (Å²) in [5, 5.41) is 11.0. The van der Waals surface area contributed by atoms with Crippen LogP contribution in [0.3, 0.4) is 0 Å². The van der Waals surface area contributed by atoms with Gasteiger partial charge in [0.15, 0.2) is 6.61 Å². The van der Waals surface area contributed by atoms with Crippen LogP contribution in [-0.2, 0) is 9.59 Å². The number of hydrogen-bond acceptors (Lipinski definition) is 6. The van der Waals surface area contributed by atoms with Gasteiger partial charge >= 0.3 is 0 Å². The molecule has 2 aromatic carbocycles. The van der Waals surface area contributed by atoms with Gasteiger partial charge in [0.2, 0.25) is 5.91 Å². The standard InChI is InChI=1S/C20H21N3O6/c1-14-4-3-5-16(10-14)28-9-8-21(2)19(24)12-22-17-11-15(23(26)27)6-7-18(17)29-13-20(22)25/h3-7,10-11H,8-9,12-13H2,1-2H3. The molecule has 3 rings (SSSR count). The highest BCUT2D eigenvalue weighted by Gasteiger charge is 2.30. The number of carbonyl (C=O) groups is 2. The maximum Gasteiger partial charge on any atom is 0.271 e. The molecule has 0 N–H and O–H groups in total. The van der Waals surface area contributed by atoms with Crippen LogP contribution >= 0.6 is 0 Å². The quantitative estimate of drug-likeness (QED) is 0.522. The van der Waals surface area contributed by atoms with Crippen molar-refractivity contribution in [3.05, 3.63) is 58.1 Å². The lowest BCUT2D eigenvalue weighted by Crippen LogP contribution is -2.46. The maximum atomic E-state index is 12.6. The molecular formula is C20H21N3O6. The number of nitro groups is 1. The van der Waals surface area contributed by atoms with Crippen LogP contribution in [0.4, 0.5) is 11.4 Å². The largest absolute Gasteiger partial charge is 0.492 e. The van der Waals surface area contributed by atoms with Gasteiger partial charge in [-0.2, -0.15) is 0 Å². The van der Waals surface area contributed by atoms with Gasteiger partial charge in [-0.05, 0) is 30.7 Å². The molecule has 0 atom stereocenters. The molecule has 0 fully saturated rings. The number of likely N-dealkylation sites (N-methyl/N-ethyl adjacent to an activating group) is 1. The van der Waals surface area contributed by atoms with E-state index in [1.54, 1.807) is 7.05 Å². The molecule has 0 spiro atoms. The first-order valence-corrected chi connectivity index (χ1v) is 9.00. The third-order valence-corrected chi connectivity index (χ3v) is 4.50. The van der Waals surface area contributed by atoms with Crippen LogP contribution in [0, 0.1) is 17.0 Å². The van der Waals surface area contributed by atoms with E-state index in [0.29, 0.717) is 18.9 Å². The number of hydrogen-bond donors (Lipinski definition) is 0. The Balaban J connectivity index is 1.63. The van der Waals surface area contributed by atoms with Crippen LogP contribution in [-0.4, -0.2) is 55.0 Å². The normalized spacial score (nSPS) is 12.8. The van der Waals surface area contributed by atoms with Gasteiger partial charge < -0.3 is 14.4 Å². The molecule has 0 saturated carbocycles. The van der Waals surface area contributed by atoms with E-state index in [-0.39, 0.29) is 30.4 Å². The molecule has 0 saturated heterocycles. The molecule has 152 valence electrons. The first-order chi connectivity index (χ1) is 13.8. The Hall–Kier alpha value is -3.62. The van der Waals surface area contributed by atoms with Gasteiger partial charge in [-0.1, -0.05) is 12.1 Å². The number of nitrogens with zero attached hydrogens (tertiary/aromatic N) is 3. The highest BCUT2D eigenvalue weighted by Crippen LogP contribution is 2.35. The average molecular weight is 399 g/mol. The Labute approximate surface area is 167 Å². The highest BCUT2D eigenvalue weighted by molar-refractivity contribution is 6.02. The van der Waals surface area contributed by atoms with Gasteiger partial charge in [0.1, 0.15) is 24.7 Å². The number of carbonyl (C=O) groups excluding carboxylic acids is 2. The van der Waals surface area contributed by atoms with Crippen LogP contribution < -0.4 is 14.4 Å². The molecule has 9 nitrogen and oxygen atoms in total. The van der Waals surface area contributed by atoms with Gasteiger partial charge in [0, 0.05) is 19.2 Å². The minimum Gasteiger partial charge on any atom is -0.492 e. The summed E-state index contributed by atoms with van der Waals surface area (Å²) in [4.78, 5) is 38.0. The van der Waals surface area contributed by atoms with Crippen LogP contribution in [0.5, 0.6) is 11.5 Å². The van der Waals surface area contributed by atoms with Crippen molar-refractivity contribution in [2.75, 3.05) is 38.3 Å². The Morgan fingerprint density at radius 3 is 2.83 bits per heavy atom. The summed E-state index contributed by atoms with van der Waals surface area (Å²) < 4.78 is 11.0. The molecule has 0 bridgehead atoms. The van der Waals surface area contributed by atoms with Crippen LogP contribution in [0.1, 0.15) is 5.56 Å². The van der Waals surface area contributed by atoms with E-state index in [1.165, 1.54) is 28.0 Å². The Bertz CT molecular complexity index is 946. The van der Waals surface area contributed by atoms with E-state index in [0.717, 1.165) is 11.3 Å². The van der Waals surface area contributed by atoms with E-state index in [1.807, 2.05) is 31.2 Å². The molecular weight excluding hydrogens is 378 g/mol. The molecule has 29 heavy (non-hydrogen) atoms. The van der Waals surface area contributed by atoms with Crippen LogP contribution in [0.15, 0.2) is 42.5 Å². The van der Waals surface area contributed by atoms with Gasteiger partial charge in [-0.3, -0.25) is 24.6 Å². The van der Waals surface area contributed by atoms with Gasteiger partial charge in [0.05, 0.1) is 17.2 Å². The van der Waals surface area contributed by atoms with E-state index in [4.69, 9.17) is 9.47 Å². The molecule has 1 aliphatic rings. The number of fused-ring (bicyclic) bond motifs is 1. The summed E-state index contributed by atoms with van der Waals surface area (Å²) in [6, 6.07) is 11.5. The summed E-state index contributed by atoms with van der Waals surface area (Å²) in [6.07, 6.45) is 0. The fourth-order valence-electron chi connectivity index (χ4n) is 2.86. The Morgan fingerprint density at radius 2 is 2.10 bits per heavy atom. The van der Waals surface area contributed by atoms with Crippen molar-refractivity contribution in [2.45, 2.75) is 6.92 Å². The minimum atomic E-state index is -0.561. The monoisotopic (exact) mass is 399 g/mol. The molecule has 0 aromatic heterocycles. The van der Waals surface area contributed by atoms with Crippen molar-refractivity contribution >= 4 is 23.2 Å². The van der Waals surface area contributed by atoms with E-state index < -0.39 is 10.8 Å². The number of amides is 2.